The lowest BCUT2D eigenvalue weighted by Gasteiger charge is -2.24. The van der Waals surface area contributed by atoms with Crippen LogP contribution in [0.15, 0.2) is 37.5 Å². The molecule has 26 heavy (non-hydrogen) atoms. The Labute approximate surface area is 159 Å². The summed E-state index contributed by atoms with van der Waals surface area (Å²) in [7, 11) is 0. The van der Waals surface area contributed by atoms with Gasteiger partial charge in [-0.05, 0) is 62.2 Å². The monoisotopic (exact) mass is 356 g/mol. The van der Waals surface area contributed by atoms with Crippen molar-refractivity contribution in [2.75, 3.05) is 0 Å². The molecule has 0 aromatic carbocycles. The lowest BCUT2D eigenvalue weighted by atomic mass is 9.79. The van der Waals surface area contributed by atoms with Crippen molar-refractivity contribution >= 4 is 11.6 Å². The Morgan fingerprint density at radius 2 is 1.38 bits per heavy atom. The molecule has 0 amide bonds. The number of hydrogen-bond acceptors (Lipinski definition) is 2. The molecular weight excluding hydrogens is 320 g/mol. The molecule has 3 rings (SSSR count). The van der Waals surface area contributed by atoms with Crippen LogP contribution >= 0.6 is 0 Å². The van der Waals surface area contributed by atoms with E-state index < -0.39 is 0 Å². The average molecular weight is 357 g/mol. The molecule has 0 aromatic heterocycles. The van der Waals surface area contributed by atoms with E-state index in [9.17, 15) is 9.59 Å². The number of fused-ring (bicyclic) bond motifs is 2. The number of Topliss-reactive ketones (excluding diaryl/α,β-unsaturated/α-hetero) is 2. The van der Waals surface area contributed by atoms with Crippen LogP contribution in [-0.2, 0) is 9.59 Å². The second-order valence-electron chi connectivity index (χ2n) is 8.40. The zero-order valence-electron chi connectivity index (χ0n) is 17.0. The molecule has 0 aromatic rings. The second kappa shape index (κ2) is 8.97. The Balaban J connectivity index is 0.000000189. The minimum atomic E-state index is 0.181. The number of allylic oxidation sites excluding steroid dienone is 4. The van der Waals surface area contributed by atoms with Crippen molar-refractivity contribution in [3.8, 4) is 0 Å². The van der Waals surface area contributed by atoms with Gasteiger partial charge in [0.05, 0.1) is 0 Å². The molecule has 0 heterocycles. The maximum atomic E-state index is 11.6. The summed E-state index contributed by atoms with van der Waals surface area (Å²) >= 11 is 0. The zero-order chi connectivity index (χ0) is 19.4. The first kappa shape index (κ1) is 20.9. The van der Waals surface area contributed by atoms with E-state index in [-0.39, 0.29) is 5.92 Å². The predicted octanol–water partition coefficient (Wildman–Crippen LogP) is 5.65. The first-order chi connectivity index (χ1) is 12.4. The van der Waals surface area contributed by atoms with Gasteiger partial charge >= 0.3 is 0 Å². The molecule has 3 aliphatic carbocycles. The molecule has 144 valence electrons. The Morgan fingerprint density at radius 3 is 1.81 bits per heavy atom. The lowest BCUT2D eigenvalue weighted by Crippen LogP contribution is -2.25. The van der Waals surface area contributed by atoms with Gasteiger partial charge in [-0.3, -0.25) is 9.59 Å². The highest BCUT2D eigenvalue weighted by Crippen LogP contribution is 2.49. The van der Waals surface area contributed by atoms with Crippen molar-refractivity contribution in [3.05, 3.63) is 37.5 Å². The van der Waals surface area contributed by atoms with Gasteiger partial charge in [0.15, 0.2) is 0 Å². The summed E-state index contributed by atoms with van der Waals surface area (Å²) in [5.74, 6) is 4.53. The SMILES string of the molecule is C=CC1CC(C=C)C(C(C)=O)C1CC.CCC1C2C=CC(C2)C1C(C)=O. The Kier molecular flexibility index (Phi) is 7.20. The van der Waals surface area contributed by atoms with Crippen LogP contribution in [0.4, 0.5) is 0 Å². The Hall–Kier alpha value is -1.44. The Bertz CT molecular complexity index is 573. The van der Waals surface area contributed by atoms with Crippen LogP contribution in [0.3, 0.4) is 0 Å². The van der Waals surface area contributed by atoms with Crippen molar-refractivity contribution < 1.29 is 9.59 Å². The van der Waals surface area contributed by atoms with Gasteiger partial charge in [0, 0.05) is 11.8 Å². The van der Waals surface area contributed by atoms with Crippen LogP contribution in [0.1, 0.15) is 53.4 Å². The highest BCUT2D eigenvalue weighted by atomic mass is 16.1. The van der Waals surface area contributed by atoms with E-state index in [4.69, 9.17) is 0 Å². The van der Waals surface area contributed by atoms with Crippen LogP contribution in [-0.4, -0.2) is 11.6 Å². The van der Waals surface area contributed by atoms with E-state index in [1.807, 2.05) is 12.2 Å². The van der Waals surface area contributed by atoms with E-state index in [2.05, 4.69) is 39.2 Å². The van der Waals surface area contributed by atoms with E-state index in [1.54, 1.807) is 13.8 Å². The molecule has 0 spiro atoms. The molecule has 0 saturated heterocycles. The van der Waals surface area contributed by atoms with E-state index in [0.29, 0.717) is 53.0 Å². The third-order valence-corrected chi connectivity index (χ3v) is 7.13. The number of carbonyl (C=O) groups excluding carboxylic acids is 2. The molecule has 2 nitrogen and oxygen atoms in total. The summed E-state index contributed by atoms with van der Waals surface area (Å²) in [5.41, 5.74) is 0. The van der Waals surface area contributed by atoms with Crippen LogP contribution in [0, 0.1) is 47.3 Å². The normalized spacial score (nSPS) is 40.0. The molecule has 0 aliphatic heterocycles. The smallest absolute Gasteiger partial charge is 0.133 e. The van der Waals surface area contributed by atoms with Crippen molar-refractivity contribution in [3.63, 3.8) is 0 Å². The molecule has 8 atom stereocenters. The zero-order valence-corrected chi connectivity index (χ0v) is 17.0. The summed E-state index contributed by atoms with van der Waals surface area (Å²) in [4.78, 5) is 22.9. The van der Waals surface area contributed by atoms with Gasteiger partial charge in [-0.15, -0.1) is 13.2 Å². The summed E-state index contributed by atoms with van der Waals surface area (Å²) in [5, 5.41) is 0. The van der Waals surface area contributed by atoms with E-state index in [0.717, 1.165) is 19.3 Å². The maximum absolute atomic E-state index is 11.6. The van der Waals surface area contributed by atoms with E-state index >= 15 is 0 Å². The van der Waals surface area contributed by atoms with Gasteiger partial charge in [-0.25, -0.2) is 0 Å². The summed E-state index contributed by atoms with van der Waals surface area (Å²) < 4.78 is 0. The predicted molar refractivity (Wildman–Crippen MR) is 109 cm³/mol. The fraction of sp³-hybridized carbons (Fsp3) is 0.667. The van der Waals surface area contributed by atoms with Crippen molar-refractivity contribution in [2.24, 2.45) is 47.3 Å². The minimum Gasteiger partial charge on any atom is -0.300 e. The molecule has 8 unspecified atom stereocenters. The largest absolute Gasteiger partial charge is 0.300 e. The van der Waals surface area contributed by atoms with Gasteiger partial charge in [0.25, 0.3) is 0 Å². The average Bonchev–Trinajstić information content (AvgIpc) is 3.32. The number of ketones is 2. The molecule has 2 heteroatoms. The topological polar surface area (TPSA) is 34.1 Å². The number of hydrogen-bond donors (Lipinski definition) is 0. The molecular formula is C24H36O2. The van der Waals surface area contributed by atoms with Gasteiger partial charge in [0.1, 0.15) is 11.6 Å². The fourth-order valence-electron chi connectivity index (χ4n) is 5.98. The van der Waals surface area contributed by atoms with Crippen molar-refractivity contribution in [1.82, 2.24) is 0 Å². The fourth-order valence-corrected chi connectivity index (χ4v) is 5.98. The van der Waals surface area contributed by atoms with Crippen LogP contribution < -0.4 is 0 Å². The van der Waals surface area contributed by atoms with E-state index in [1.165, 1.54) is 6.42 Å². The van der Waals surface area contributed by atoms with Gasteiger partial charge in [-0.1, -0.05) is 51.0 Å². The first-order valence-electron chi connectivity index (χ1n) is 10.3. The van der Waals surface area contributed by atoms with Crippen LogP contribution in [0.2, 0.25) is 0 Å². The lowest BCUT2D eigenvalue weighted by molar-refractivity contribution is -0.123. The summed E-state index contributed by atoms with van der Waals surface area (Å²) in [6, 6.07) is 0. The first-order valence-corrected chi connectivity index (χ1v) is 10.3. The highest BCUT2D eigenvalue weighted by Gasteiger charge is 2.45. The quantitative estimate of drug-likeness (QED) is 0.576. The summed E-state index contributed by atoms with van der Waals surface area (Å²) in [6.07, 6.45) is 13.0. The summed E-state index contributed by atoms with van der Waals surface area (Å²) in [6.45, 7) is 15.5. The van der Waals surface area contributed by atoms with Crippen LogP contribution in [0.25, 0.3) is 0 Å². The third kappa shape index (κ3) is 3.94. The molecule has 0 N–H and O–H groups in total. The molecule has 2 bridgehead atoms. The number of carbonyl (C=O) groups is 2. The standard InChI is InChI=1S/C13H20O.C11H16O/c1-5-10-8-11(6-2)13(9(4)14)12(10)7-3;1-3-10-8-4-5-9(6-8)11(10)7(2)12/h5-6,10-13H,1-2,7-8H2,3-4H3;4-5,8-11H,3,6H2,1-2H3. The number of rotatable bonds is 6. The van der Waals surface area contributed by atoms with Crippen LogP contribution in [0.5, 0.6) is 0 Å². The molecule has 2 saturated carbocycles. The van der Waals surface area contributed by atoms with Crippen molar-refractivity contribution in [1.29, 1.82) is 0 Å². The molecule has 2 fully saturated rings. The van der Waals surface area contributed by atoms with Crippen molar-refractivity contribution in [2.45, 2.75) is 53.4 Å². The van der Waals surface area contributed by atoms with Gasteiger partial charge < -0.3 is 0 Å². The van der Waals surface area contributed by atoms with Gasteiger partial charge in [0.2, 0.25) is 0 Å². The Morgan fingerprint density at radius 1 is 0.846 bits per heavy atom. The second-order valence-corrected chi connectivity index (χ2v) is 8.40. The maximum Gasteiger partial charge on any atom is 0.133 e. The molecule has 0 radical (unpaired) electrons. The molecule has 3 aliphatic rings. The minimum absolute atomic E-state index is 0.181. The third-order valence-electron chi connectivity index (χ3n) is 7.13. The van der Waals surface area contributed by atoms with Gasteiger partial charge in [-0.2, -0.15) is 0 Å². The highest BCUT2D eigenvalue weighted by molar-refractivity contribution is 5.80.